The average molecular weight is 287 g/mol. The van der Waals surface area contributed by atoms with Crippen LogP contribution in [-0.4, -0.2) is 20.3 Å². The summed E-state index contributed by atoms with van der Waals surface area (Å²) in [7, 11) is 0. The summed E-state index contributed by atoms with van der Waals surface area (Å²) >= 11 is 5.78. The number of nitrogens with one attached hydrogen (secondary N) is 1. The highest BCUT2D eigenvalue weighted by Crippen LogP contribution is 2.12. The predicted molar refractivity (Wildman–Crippen MR) is 77.1 cm³/mol. The monoisotopic (exact) mass is 286 g/mol. The van der Waals surface area contributed by atoms with Crippen LogP contribution >= 0.6 is 11.6 Å². The van der Waals surface area contributed by atoms with Gasteiger partial charge in [-0.1, -0.05) is 23.7 Å². The molecule has 0 fully saturated rings. The van der Waals surface area contributed by atoms with E-state index in [4.69, 9.17) is 11.6 Å². The summed E-state index contributed by atoms with van der Waals surface area (Å²) in [5.41, 5.74) is 2.07. The van der Waals surface area contributed by atoms with Crippen LogP contribution in [0.25, 0.3) is 5.65 Å². The average Bonchev–Trinajstić information content (AvgIpc) is 2.84. The van der Waals surface area contributed by atoms with Crippen LogP contribution in [0.2, 0.25) is 5.15 Å². The van der Waals surface area contributed by atoms with E-state index < -0.39 is 0 Å². The molecule has 0 aliphatic carbocycles. The van der Waals surface area contributed by atoms with Crippen molar-refractivity contribution in [3.63, 3.8) is 0 Å². The Balaban J connectivity index is 1.91. The molecule has 20 heavy (non-hydrogen) atoms. The zero-order chi connectivity index (χ0) is 14.1. The van der Waals surface area contributed by atoms with Crippen LogP contribution in [0.15, 0.2) is 42.6 Å². The normalized spacial score (nSPS) is 10.7. The molecule has 3 aromatic rings. The lowest BCUT2D eigenvalue weighted by atomic mass is 10.4. The maximum Gasteiger partial charge on any atom is 0.277 e. The van der Waals surface area contributed by atoms with Gasteiger partial charge in [-0.3, -0.25) is 4.79 Å². The molecule has 0 bridgehead atoms. The Morgan fingerprint density at radius 2 is 2.00 bits per heavy atom. The molecule has 0 saturated carbocycles. The lowest BCUT2D eigenvalue weighted by Crippen LogP contribution is -2.13. The van der Waals surface area contributed by atoms with Gasteiger partial charge in [0.25, 0.3) is 5.91 Å². The number of rotatable bonds is 2. The molecule has 3 heterocycles. The molecule has 100 valence electrons. The molecular weight excluding hydrogens is 276 g/mol. The molecule has 3 aromatic heterocycles. The number of carbonyl (C=O) groups is 1. The van der Waals surface area contributed by atoms with E-state index in [1.807, 2.05) is 29.5 Å². The number of hydrogen-bond acceptors (Lipinski definition) is 3. The highest BCUT2D eigenvalue weighted by atomic mass is 35.5. The summed E-state index contributed by atoms with van der Waals surface area (Å²) in [6, 6.07) is 10.7. The van der Waals surface area contributed by atoms with Crippen LogP contribution in [0.4, 0.5) is 5.82 Å². The van der Waals surface area contributed by atoms with Crippen molar-refractivity contribution in [2.24, 2.45) is 0 Å². The Hall–Kier alpha value is -2.40. The largest absolute Gasteiger partial charge is 0.305 e. The van der Waals surface area contributed by atoms with Crippen LogP contribution in [0.3, 0.4) is 0 Å². The Kier molecular flexibility index (Phi) is 3.12. The van der Waals surface area contributed by atoms with Gasteiger partial charge in [-0.2, -0.15) is 0 Å². The molecule has 6 heteroatoms. The molecule has 3 rings (SSSR count). The Bertz CT molecular complexity index is 797. The zero-order valence-electron chi connectivity index (χ0n) is 10.7. The Labute approximate surface area is 120 Å². The second-order valence-electron chi connectivity index (χ2n) is 4.32. The number of fused-ring (bicyclic) bond motifs is 1. The number of aryl methyl sites for hydroxylation is 1. The molecule has 0 aliphatic rings. The van der Waals surface area contributed by atoms with E-state index in [1.165, 1.54) is 0 Å². The van der Waals surface area contributed by atoms with Crippen molar-refractivity contribution in [1.82, 2.24) is 14.4 Å². The van der Waals surface area contributed by atoms with Gasteiger partial charge in [0.15, 0.2) is 0 Å². The van der Waals surface area contributed by atoms with Crippen molar-refractivity contribution in [2.45, 2.75) is 6.92 Å². The highest BCUT2D eigenvalue weighted by Gasteiger charge is 2.12. The van der Waals surface area contributed by atoms with Crippen LogP contribution in [0.1, 0.15) is 16.2 Å². The molecule has 1 N–H and O–H groups in total. The lowest BCUT2D eigenvalue weighted by Gasteiger charge is -2.01. The van der Waals surface area contributed by atoms with Gasteiger partial charge >= 0.3 is 0 Å². The SMILES string of the molecule is Cc1cccc2nc(C(=O)Nc3cccc(Cl)n3)cn12. The number of anilines is 1. The summed E-state index contributed by atoms with van der Waals surface area (Å²) < 4.78 is 1.86. The first-order valence-electron chi connectivity index (χ1n) is 6.02. The molecule has 0 spiro atoms. The van der Waals surface area contributed by atoms with E-state index in [0.717, 1.165) is 11.3 Å². The minimum absolute atomic E-state index is 0.317. The molecular formula is C14H11ClN4O. The van der Waals surface area contributed by atoms with Gasteiger partial charge in [0.1, 0.15) is 22.3 Å². The van der Waals surface area contributed by atoms with Gasteiger partial charge in [-0.05, 0) is 31.2 Å². The summed E-state index contributed by atoms with van der Waals surface area (Å²) in [5, 5.41) is 3.00. The third-order valence-electron chi connectivity index (χ3n) is 2.89. The van der Waals surface area contributed by atoms with Crippen molar-refractivity contribution in [2.75, 3.05) is 5.32 Å². The van der Waals surface area contributed by atoms with E-state index in [2.05, 4.69) is 15.3 Å². The van der Waals surface area contributed by atoms with Crippen molar-refractivity contribution < 1.29 is 4.79 Å². The number of imidazole rings is 1. The number of hydrogen-bond donors (Lipinski definition) is 1. The fourth-order valence-electron chi connectivity index (χ4n) is 1.92. The number of pyridine rings is 2. The molecule has 0 atom stereocenters. The Morgan fingerprint density at radius 1 is 1.20 bits per heavy atom. The first kappa shape index (κ1) is 12.6. The quantitative estimate of drug-likeness (QED) is 0.737. The summed E-state index contributed by atoms with van der Waals surface area (Å²) in [4.78, 5) is 20.4. The van der Waals surface area contributed by atoms with E-state index in [1.54, 1.807) is 24.4 Å². The van der Waals surface area contributed by atoms with Gasteiger partial charge in [0.2, 0.25) is 0 Å². The number of halogens is 1. The molecule has 0 radical (unpaired) electrons. The zero-order valence-corrected chi connectivity index (χ0v) is 11.4. The molecule has 5 nitrogen and oxygen atoms in total. The van der Waals surface area contributed by atoms with Gasteiger partial charge in [-0.25, -0.2) is 9.97 Å². The van der Waals surface area contributed by atoms with Crippen LogP contribution in [0, 0.1) is 6.92 Å². The summed E-state index contributed by atoms with van der Waals surface area (Å²) in [6.45, 7) is 1.95. The first-order chi connectivity index (χ1) is 9.63. The van der Waals surface area contributed by atoms with Crippen molar-refractivity contribution in [3.8, 4) is 0 Å². The minimum atomic E-state index is -0.317. The second kappa shape index (κ2) is 4.94. The topological polar surface area (TPSA) is 59.3 Å². The minimum Gasteiger partial charge on any atom is -0.305 e. The van der Waals surface area contributed by atoms with E-state index >= 15 is 0 Å². The molecule has 0 saturated heterocycles. The van der Waals surface area contributed by atoms with Crippen LogP contribution < -0.4 is 5.32 Å². The lowest BCUT2D eigenvalue weighted by molar-refractivity contribution is 0.102. The van der Waals surface area contributed by atoms with Gasteiger partial charge in [-0.15, -0.1) is 0 Å². The molecule has 1 amide bonds. The second-order valence-corrected chi connectivity index (χ2v) is 4.71. The maximum atomic E-state index is 12.1. The molecule has 0 aliphatic heterocycles. The molecule has 0 unspecified atom stereocenters. The third-order valence-corrected chi connectivity index (χ3v) is 3.10. The third kappa shape index (κ3) is 2.35. The number of amides is 1. The van der Waals surface area contributed by atoms with E-state index in [-0.39, 0.29) is 5.91 Å². The highest BCUT2D eigenvalue weighted by molar-refractivity contribution is 6.29. The van der Waals surface area contributed by atoms with Crippen molar-refractivity contribution >= 4 is 29.0 Å². The van der Waals surface area contributed by atoms with E-state index in [0.29, 0.717) is 16.7 Å². The smallest absolute Gasteiger partial charge is 0.277 e. The number of carbonyl (C=O) groups excluding carboxylic acids is 1. The Morgan fingerprint density at radius 3 is 2.75 bits per heavy atom. The summed E-state index contributed by atoms with van der Waals surface area (Å²) in [5.74, 6) is 0.0825. The summed E-state index contributed by atoms with van der Waals surface area (Å²) in [6.07, 6.45) is 1.70. The fourth-order valence-corrected chi connectivity index (χ4v) is 2.08. The van der Waals surface area contributed by atoms with Crippen molar-refractivity contribution in [1.29, 1.82) is 0 Å². The standard InChI is InChI=1S/C14H11ClN4O/c1-9-4-2-7-13-16-10(8-19(9)13)14(20)18-12-6-3-5-11(15)17-12/h2-8H,1H3,(H,17,18,20). The maximum absolute atomic E-state index is 12.1. The van der Waals surface area contributed by atoms with Crippen LogP contribution in [-0.2, 0) is 0 Å². The first-order valence-corrected chi connectivity index (χ1v) is 6.40. The molecule has 0 aromatic carbocycles. The van der Waals surface area contributed by atoms with Crippen molar-refractivity contribution in [3.05, 3.63) is 59.1 Å². The van der Waals surface area contributed by atoms with Crippen LogP contribution in [0.5, 0.6) is 0 Å². The predicted octanol–water partition coefficient (Wildman–Crippen LogP) is 2.94. The fraction of sp³-hybridized carbons (Fsp3) is 0.0714. The van der Waals surface area contributed by atoms with Gasteiger partial charge in [0, 0.05) is 11.9 Å². The van der Waals surface area contributed by atoms with E-state index in [9.17, 15) is 4.79 Å². The number of aromatic nitrogens is 3. The van der Waals surface area contributed by atoms with Gasteiger partial charge in [0.05, 0.1) is 0 Å². The number of nitrogens with zero attached hydrogens (tertiary/aromatic N) is 3. The van der Waals surface area contributed by atoms with Gasteiger partial charge < -0.3 is 9.72 Å².